The van der Waals surface area contributed by atoms with E-state index in [1.165, 1.54) is 12.1 Å². The van der Waals surface area contributed by atoms with Crippen LogP contribution in [0.15, 0.2) is 18.2 Å². The molecule has 0 bridgehead atoms. The lowest BCUT2D eigenvalue weighted by molar-refractivity contribution is 0.0480. The molecule has 1 aliphatic carbocycles. The summed E-state index contributed by atoms with van der Waals surface area (Å²) in [5.74, 6) is -0.199. The minimum Gasteiger partial charge on any atom is -0.390 e. The minimum atomic E-state index is -0.539. The maximum absolute atomic E-state index is 12.9. The summed E-state index contributed by atoms with van der Waals surface area (Å²) in [7, 11) is 0. The lowest BCUT2D eigenvalue weighted by atomic mass is 9.91. The molecule has 0 aromatic heterocycles. The van der Waals surface area contributed by atoms with Crippen molar-refractivity contribution in [2.24, 2.45) is 0 Å². The maximum atomic E-state index is 12.9. The predicted octanol–water partition coefficient (Wildman–Crippen LogP) is 2.98. The van der Waals surface area contributed by atoms with Crippen molar-refractivity contribution >= 4 is 0 Å². The smallest absolute Gasteiger partial charge is 0.123 e. The zero-order chi connectivity index (χ0) is 10.9. The highest BCUT2D eigenvalue weighted by Crippen LogP contribution is 2.33. The van der Waals surface area contributed by atoms with Gasteiger partial charge in [0.15, 0.2) is 0 Å². The van der Waals surface area contributed by atoms with Gasteiger partial charge < -0.3 is 5.11 Å². The molecule has 82 valence electrons. The Hall–Kier alpha value is -0.890. The van der Waals surface area contributed by atoms with Gasteiger partial charge in [0.2, 0.25) is 0 Å². The lowest BCUT2D eigenvalue weighted by Crippen LogP contribution is -2.27. The van der Waals surface area contributed by atoms with E-state index >= 15 is 0 Å². The highest BCUT2D eigenvalue weighted by Gasteiger charge is 2.31. The Kier molecular flexibility index (Phi) is 2.79. The molecule has 1 N–H and O–H groups in total. The number of rotatable bonds is 2. The normalized spacial score (nSPS) is 19.4. The van der Waals surface area contributed by atoms with Gasteiger partial charge in [-0.3, -0.25) is 0 Å². The summed E-state index contributed by atoms with van der Waals surface area (Å²) in [6, 6.07) is 4.80. The molecule has 0 heterocycles. The van der Waals surface area contributed by atoms with E-state index in [9.17, 15) is 9.50 Å². The van der Waals surface area contributed by atoms with E-state index in [1.807, 2.05) is 6.92 Å². The Morgan fingerprint density at radius 1 is 1.33 bits per heavy atom. The number of benzene rings is 1. The highest BCUT2D eigenvalue weighted by atomic mass is 19.1. The van der Waals surface area contributed by atoms with Crippen LogP contribution in [0.4, 0.5) is 4.39 Å². The van der Waals surface area contributed by atoms with Crippen LogP contribution in [0.3, 0.4) is 0 Å². The third kappa shape index (κ3) is 2.37. The molecule has 0 atom stereocenters. The van der Waals surface area contributed by atoms with Crippen molar-refractivity contribution in [3.05, 3.63) is 35.1 Å². The largest absolute Gasteiger partial charge is 0.390 e. The Balaban J connectivity index is 2.16. The van der Waals surface area contributed by atoms with Crippen molar-refractivity contribution in [1.29, 1.82) is 0 Å². The maximum Gasteiger partial charge on any atom is 0.123 e. The Morgan fingerprint density at radius 2 is 2.00 bits per heavy atom. The number of hydrogen-bond acceptors (Lipinski definition) is 1. The van der Waals surface area contributed by atoms with Gasteiger partial charge >= 0.3 is 0 Å². The molecule has 0 unspecified atom stereocenters. The SMILES string of the molecule is Cc1cc(F)ccc1CC1(O)CCCC1. The summed E-state index contributed by atoms with van der Waals surface area (Å²) in [6.07, 6.45) is 4.64. The van der Waals surface area contributed by atoms with Crippen LogP contribution >= 0.6 is 0 Å². The molecular weight excluding hydrogens is 191 g/mol. The standard InChI is InChI=1S/C13H17FO/c1-10-8-12(14)5-4-11(10)9-13(15)6-2-3-7-13/h4-5,8,15H,2-3,6-7,9H2,1H3. The number of halogens is 1. The molecule has 2 heteroatoms. The molecular formula is C13H17FO. The van der Waals surface area contributed by atoms with Gasteiger partial charge in [-0.05, 0) is 43.0 Å². The molecule has 2 rings (SSSR count). The first kappa shape index (κ1) is 10.6. The van der Waals surface area contributed by atoms with Crippen LogP contribution in [0.25, 0.3) is 0 Å². The van der Waals surface area contributed by atoms with Crippen molar-refractivity contribution in [1.82, 2.24) is 0 Å². The Bertz CT molecular complexity index is 354. The van der Waals surface area contributed by atoms with Crippen LogP contribution in [-0.2, 0) is 6.42 Å². The van der Waals surface area contributed by atoms with Crippen LogP contribution in [0, 0.1) is 12.7 Å². The average Bonchev–Trinajstić information content (AvgIpc) is 2.58. The molecule has 1 saturated carbocycles. The number of hydrogen-bond donors (Lipinski definition) is 1. The van der Waals surface area contributed by atoms with E-state index < -0.39 is 5.60 Å². The molecule has 1 aromatic carbocycles. The summed E-state index contributed by atoms with van der Waals surface area (Å²) in [5.41, 5.74) is 1.47. The minimum absolute atomic E-state index is 0.199. The summed E-state index contributed by atoms with van der Waals surface area (Å²) < 4.78 is 12.9. The molecule has 0 aliphatic heterocycles. The fourth-order valence-corrected chi connectivity index (χ4v) is 2.42. The first-order chi connectivity index (χ1) is 7.09. The van der Waals surface area contributed by atoms with Gasteiger partial charge in [-0.25, -0.2) is 4.39 Å². The van der Waals surface area contributed by atoms with Gasteiger partial charge in [0.05, 0.1) is 5.60 Å². The van der Waals surface area contributed by atoms with Gasteiger partial charge in [-0.2, -0.15) is 0 Å². The van der Waals surface area contributed by atoms with E-state index in [-0.39, 0.29) is 5.82 Å². The number of aliphatic hydroxyl groups is 1. The lowest BCUT2D eigenvalue weighted by Gasteiger charge is -2.23. The Morgan fingerprint density at radius 3 is 2.60 bits per heavy atom. The van der Waals surface area contributed by atoms with E-state index in [0.717, 1.165) is 36.8 Å². The van der Waals surface area contributed by atoms with E-state index in [0.29, 0.717) is 6.42 Å². The van der Waals surface area contributed by atoms with Crippen molar-refractivity contribution < 1.29 is 9.50 Å². The number of aryl methyl sites for hydroxylation is 1. The molecule has 15 heavy (non-hydrogen) atoms. The van der Waals surface area contributed by atoms with Crippen LogP contribution in [0.5, 0.6) is 0 Å². The predicted molar refractivity (Wildman–Crippen MR) is 58.3 cm³/mol. The first-order valence-corrected chi connectivity index (χ1v) is 5.56. The topological polar surface area (TPSA) is 20.2 Å². The van der Waals surface area contributed by atoms with Gasteiger partial charge in [0.25, 0.3) is 0 Å². The summed E-state index contributed by atoms with van der Waals surface area (Å²) in [4.78, 5) is 0. The second-order valence-electron chi connectivity index (χ2n) is 4.68. The van der Waals surface area contributed by atoms with Gasteiger partial charge in [-0.1, -0.05) is 18.9 Å². The molecule has 1 fully saturated rings. The van der Waals surface area contributed by atoms with Crippen LogP contribution in [-0.4, -0.2) is 10.7 Å². The van der Waals surface area contributed by atoms with Crippen molar-refractivity contribution in [3.63, 3.8) is 0 Å². The molecule has 1 aromatic rings. The summed E-state index contributed by atoms with van der Waals surface area (Å²) in [5, 5.41) is 10.2. The molecule has 1 nitrogen and oxygen atoms in total. The first-order valence-electron chi connectivity index (χ1n) is 5.56. The van der Waals surface area contributed by atoms with Gasteiger partial charge in [0, 0.05) is 6.42 Å². The van der Waals surface area contributed by atoms with Crippen LogP contribution in [0.2, 0.25) is 0 Å². The molecule has 0 amide bonds. The van der Waals surface area contributed by atoms with Crippen LogP contribution in [0.1, 0.15) is 36.8 Å². The van der Waals surface area contributed by atoms with E-state index in [1.54, 1.807) is 6.07 Å². The molecule has 0 spiro atoms. The van der Waals surface area contributed by atoms with E-state index in [4.69, 9.17) is 0 Å². The Labute approximate surface area is 89.9 Å². The van der Waals surface area contributed by atoms with Gasteiger partial charge in [0.1, 0.15) is 5.82 Å². The van der Waals surface area contributed by atoms with Crippen LogP contribution < -0.4 is 0 Å². The van der Waals surface area contributed by atoms with Crippen molar-refractivity contribution in [3.8, 4) is 0 Å². The molecule has 0 radical (unpaired) electrons. The fourth-order valence-electron chi connectivity index (χ4n) is 2.42. The van der Waals surface area contributed by atoms with E-state index in [2.05, 4.69) is 0 Å². The summed E-state index contributed by atoms with van der Waals surface area (Å²) in [6.45, 7) is 1.90. The monoisotopic (exact) mass is 208 g/mol. The van der Waals surface area contributed by atoms with Crippen molar-refractivity contribution in [2.75, 3.05) is 0 Å². The second-order valence-corrected chi connectivity index (χ2v) is 4.68. The molecule has 1 aliphatic rings. The quantitative estimate of drug-likeness (QED) is 0.792. The van der Waals surface area contributed by atoms with Gasteiger partial charge in [-0.15, -0.1) is 0 Å². The molecule has 0 saturated heterocycles. The zero-order valence-electron chi connectivity index (χ0n) is 9.09. The summed E-state index contributed by atoms with van der Waals surface area (Å²) >= 11 is 0. The zero-order valence-corrected chi connectivity index (χ0v) is 9.09. The highest BCUT2D eigenvalue weighted by molar-refractivity contribution is 5.28. The van der Waals surface area contributed by atoms with Crippen molar-refractivity contribution in [2.45, 2.75) is 44.6 Å². The third-order valence-electron chi connectivity index (χ3n) is 3.36. The average molecular weight is 208 g/mol. The fraction of sp³-hybridized carbons (Fsp3) is 0.538. The third-order valence-corrected chi connectivity index (χ3v) is 3.36. The second kappa shape index (κ2) is 3.93.